The summed E-state index contributed by atoms with van der Waals surface area (Å²) in [6.07, 6.45) is 6.89. The number of aryl methyl sites for hydroxylation is 2. The molecule has 0 aromatic heterocycles. The fourth-order valence-corrected chi connectivity index (χ4v) is 2.45. The van der Waals surface area contributed by atoms with E-state index in [0.29, 0.717) is 0 Å². The molecular formula is C21H28. The Labute approximate surface area is 130 Å². The molecule has 0 bridgehead atoms. The van der Waals surface area contributed by atoms with Crippen LogP contribution in [0.5, 0.6) is 0 Å². The van der Waals surface area contributed by atoms with Gasteiger partial charge in [0.1, 0.15) is 0 Å². The Kier molecular flexibility index (Phi) is 7.53. The number of fused-ring (bicyclic) bond motifs is 1. The van der Waals surface area contributed by atoms with E-state index in [0.717, 1.165) is 0 Å². The van der Waals surface area contributed by atoms with Gasteiger partial charge in [0.15, 0.2) is 0 Å². The number of hydrogen-bond acceptors (Lipinski definition) is 0. The van der Waals surface area contributed by atoms with Crippen LogP contribution in [0.15, 0.2) is 48.5 Å². The zero-order valence-electron chi connectivity index (χ0n) is 14.1. The van der Waals surface area contributed by atoms with Gasteiger partial charge in [-0.05, 0) is 42.0 Å². The van der Waals surface area contributed by atoms with E-state index in [1.54, 1.807) is 0 Å². The molecule has 0 fully saturated rings. The van der Waals surface area contributed by atoms with E-state index in [2.05, 4.69) is 61.5 Å². The summed E-state index contributed by atoms with van der Waals surface area (Å²) in [4.78, 5) is 0. The molecule has 0 radical (unpaired) electrons. The first-order valence-electron chi connectivity index (χ1n) is 8.20. The maximum Gasteiger partial charge on any atom is -0.0109 e. The molecule has 1 aliphatic carbocycles. The summed E-state index contributed by atoms with van der Waals surface area (Å²) in [5, 5.41) is 0. The molecule has 2 aromatic rings. The van der Waals surface area contributed by atoms with E-state index in [-0.39, 0.29) is 0 Å². The van der Waals surface area contributed by atoms with Crippen molar-refractivity contribution in [1.82, 2.24) is 0 Å². The average Bonchev–Trinajstić information content (AvgIpc) is 2.59. The van der Waals surface area contributed by atoms with E-state index >= 15 is 0 Å². The molecule has 0 heteroatoms. The molecule has 0 N–H and O–H groups in total. The molecule has 0 atom stereocenters. The molecule has 0 nitrogen and oxygen atoms in total. The van der Waals surface area contributed by atoms with Gasteiger partial charge in [0.2, 0.25) is 0 Å². The van der Waals surface area contributed by atoms with Crippen LogP contribution in [0.4, 0.5) is 0 Å². The van der Waals surface area contributed by atoms with Crippen LogP contribution in [0.25, 0.3) is 17.2 Å². The minimum absolute atomic E-state index is 1.17. The van der Waals surface area contributed by atoms with E-state index in [1.807, 2.05) is 27.7 Å². The molecule has 0 saturated carbocycles. The van der Waals surface area contributed by atoms with Gasteiger partial charge in [-0.1, -0.05) is 87.9 Å². The van der Waals surface area contributed by atoms with Gasteiger partial charge in [0.25, 0.3) is 0 Å². The summed E-state index contributed by atoms with van der Waals surface area (Å²) in [5.41, 5.74) is 6.87. The van der Waals surface area contributed by atoms with Crippen molar-refractivity contribution in [2.24, 2.45) is 0 Å². The molecule has 1 aliphatic rings. The molecule has 0 saturated heterocycles. The van der Waals surface area contributed by atoms with Gasteiger partial charge in [-0.3, -0.25) is 0 Å². The third kappa shape index (κ3) is 4.32. The summed E-state index contributed by atoms with van der Waals surface area (Å²) >= 11 is 0. The number of rotatable bonds is 1. The average molecular weight is 280 g/mol. The van der Waals surface area contributed by atoms with Gasteiger partial charge in [-0.2, -0.15) is 0 Å². The molecular weight excluding hydrogens is 252 g/mol. The minimum atomic E-state index is 1.17. The highest BCUT2D eigenvalue weighted by molar-refractivity contribution is 5.78. The van der Waals surface area contributed by atoms with E-state index in [1.165, 1.54) is 40.7 Å². The largest absolute Gasteiger partial charge is 0.0836 e. The first-order valence-corrected chi connectivity index (χ1v) is 8.20. The van der Waals surface area contributed by atoms with Crippen molar-refractivity contribution in [3.05, 3.63) is 65.2 Å². The summed E-state index contributed by atoms with van der Waals surface area (Å²) in [6, 6.07) is 15.4. The van der Waals surface area contributed by atoms with Crippen LogP contribution < -0.4 is 0 Å². The smallest absolute Gasteiger partial charge is 0.0109 e. The summed E-state index contributed by atoms with van der Waals surface area (Å²) < 4.78 is 0. The van der Waals surface area contributed by atoms with Crippen LogP contribution in [-0.4, -0.2) is 0 Å². The summed E-state index contributed by atoms with van der Waals surface area (Å²) in [7, 11) is 0. The molecule has 0 unspecified atom stereocenters. The lowest BCUT2D eigenvalue weighted by Gasteiger charge is -2.15. The second kappa shape index (κ2) is 9.18. The highest BCUT2D eigenvalue weighted by Gasteiger charge is 2.09. The number of benzene rings is 2. The Morgan fingerprint density at radius 3 is 2.14 bits per heavy atom. The topological polar surface area (TPSA) is 0 Å². The number of hydrogen-bond donors (Lipinski definition) is 0. The van der Waals surface area contributed by atoms with E-state index in [9.17, 15) is 0 Å². The Bertz CT molecular complexity index is 559. The Morgan fingerprint density at radius 1 is 0.810 bits per heavy atom. The summed E-state index contributed by atoms with van der Waals surface area (Å²) in [5.74, 6) is 0. The lowest BCUT2D eigenvalue weighted by atomic mass is 9.90. The van der Waals surface area contributed by atoms with Crippen molar-refractivity contribution in [3.8, 4) is 11.1 Å². The van der Waals surface area contributed by atoms with Crippen LogP contribution in [-0.2, 0) is 6.42 Å². The normalized spacial score (nSPS) is 11.5. The number of allylic oxidation sites excluding steroid dienone is 1. The third-order valence-electron chi connectivity index (χ3n) is 3.42. The highest BCUT2D eigenvalue weighted by Crippen LogP contribution is 2.30. The molecule has 2 aromatic carbocycles. The van der Waals surface area contributed by atoms with Crippen molar-refractivity contribution in [2.45, 2.75) is 47.5 Å². The minimum Gasteiger partial charge on any atom is -0.0836 e. The predicted molar refractivity (Wildman–Crippen MR) is 96.7 cm³/mol. The molecule has 0 spiro atoms. The van der Waals surface area contributed by atoms with Gasteiger partial charge >= 0.3 is 0 Å². The van der Waals surface area contributed by atoms with Crippen molar-refractivity contribution < 1.29 is 0 Å². The van der Waals surface area contributed by atoms with Crippen molar-refractivity contribution in [2.75, 3.05) is 0 Å². The fraction of sp³-hybridized carbons (Fsp3) is 0.333. The monoisotopic (exact) mass is 280 g/mol. The molecule has 112 valence electrons. The van der Waals surface area contributed by atoms with E-state index < -0.39 is 0 Å². The first kappa shape index (κ1) is 17.2. The molecule has 0 aliphatic heterocycles. The van der Waals surface area contributed by atoms with Crippen LogP contribution >= 0.6 is 0 Å². The fourth-order valence-electron chi connectivity index (χ4n) is 2.45. The maximum atomic E-state index is 2.28. The SMILES string of the molecule is CC.CC.Cc1ccc(-c2cccc3c2C=CCC3)cc1. The first-order chi connectivity index (χ1) is 10.3. The summed E-state index contributed by atoms with van der Waals surface area (Å²) in [6.45, 7) is 10.1. The second-order valence-corrected chi connectivity index (χ2v) is 4.69. The maximum absolute atomic E-state index is 2.28. The highest BCUT2D eigenvalue weighted by atomic mass is 14.1. The van der Waals surface area contributed by atoms with Crippen LogP contribution in [0.1, 0.15) is 50.8 Å². The zero-order chi connectivity index (χ0) is 15.7. The van der Waals surface area contributed by atoms with Crippen molar-refractivity contribution >= 4 is 6.08 Å². The van der Waals surface area contributed by atoms with Gasteiger partial charge in [-0.15, -0.1) is 0 Å². The lowest BCUT2D eigenvalue weighted by molar-refractivity contribution is 0.986. The van der Waals surface area contributed by atoms with Crippen LogP contribution in [0.2, 0.25) is 0 Å². The van der Waals surface area contributed by atoms with Crippen LogP contribution in [0, 0.1) is 6.92 Å². The van der Waals surface area contributed by atoms with Gasteiger partial charge in [0, 0.05) is 0 Å². The zero-order valence-corrected chi connectivity index (χ0v) is 14.1. The van der Waals surface area contributed by atoms with Gasteiger partial charge < -0.3 is 0 Å². The Balaban J connectivity index is 0.000000510. The third-order valence-corrected chi connectivity index (χ3v) is 3.42. The standard InChI is InChI=1S/C17H16.2C2H6/c1-13-9-11-15(12-10-13)17-8-4-6-14-5-2-3-7-16(14)17;2*1-2/h3-4,6-12H,2,5H2,1H3;2*1-2H3. The Morgan fingerprint density at radius 2 is 1.48 bits per heavy atom. The van der Waals surface area contributed by atoms with Gasteiger partial charge in [-0.25, -0.2) is 0 Å². The quantitative estimate of drug-likeness (QED) is 0.547. The van der Waals surface area contributed by atoms with Gasteiger partial charge in [0.05, 0.1) is 0 Å². The molecule has 21 heavy (non-hydrogen) atoms. The predicted octanol–water partition coefficient (Wildman–Crippen LogP) is 6.67. The second-order valence-electron chi connectivity index (χ2n) is 4.69. The van der Waals surface area contributed by atoms with Crippen LogP contribution in [0.3, 0.4) is 0 Å². The Hall–Kier alpha value is -1.82. The van der Waals surface area contributed by atoms with Crippen molar-refractivity contribution in [3.63, 3.8) is 0 Å². The molecule has 0 heterocycles. The lowest BCUT2D eigenvalue weighted by Crippen LogP contribution is -1.96. The molecule has 0 amide bonds. The van der Waals surface area contributed by atoms with E-state index in [4.69, 9.17) is 0 Å². The van der Waals surface area contributed by atoms with Crippen molar-refractivity contribution in [1.29, 1.82) is 0 Å². The molecule has 3 rings (SSSR count).